The van der Waals surface area contributed by atoms with Crippen LogP contribution in [0.2, 0.25) is 0 Å². The molecular formula is C24H26N4O3. The van der Waals surface area contributed by atoms with E-state index in [0.29, 0.717) is 23.5 Å². The summed E-state index contributed by atoms with van der Waals surface area (Å²) in [6.45, 7) is 2.49. The van der Waals surface area contributed by atoms with Gasteiger partial charge >= 0.3 is 0 Å². The second kappa shape index (κ2) is 7.71. The van der Waals surface area contributed by atoms with Gasteiger partial charge in [-0.3, -0.25) is 0 Å². The molecule has 2 aliphatic rings. The van der Waals surface area contributed by atoms with E-state index in [-0.39, 0.29) is 5.96 Å². The number of guanidine groups is 1. The van der Waals surface area contributed by atoms with Gasteiger partial charge in [0.15, 0.2) is 17.8 Å². The van der Waals surface area contributed by atoms with Crippen LogP contribution in [0.25, 0.3) is 11.1 Å². The topological polar surface area (TPSA) is 101 Å². The smallest absolute Gasteiger partial charge is 0.192 e. The number of ether oxygens (including phenoxy) is 2. The Bertz CT molecular complexity index is 1090. The lowest BCUT2D eigenvalue weighted by atomic mass is 9.72. The van der Waals surface area contributed by atoms with Crippen LogP contribution >= 0.6 is 0 Å². The second-order valence-electron chi connectivity index (χ2n) is 8.48. The normalized spacial score (nSPS) is 27.3. The molecule has 1 saturated heterocycles. The molecule has 2 aliphatic heterocycles. The molecule has 0 saturated carbocycles. The number of rotatable bonds is 3. The molecule has 0 aliphatic carbocycles. The standard InChI is InChI=1S/C24H26N4O3/c1-23-10-5-11-30-21(23)24(15-29,27-22(26)28(2)3)19-13-18(8-9-20(19)31-23)17-7-4-6-16(12-17)14-25/h4,6-9,12-13,15,21H,5,10-11H2,1-3H3,(H2,26,27). The van der Waals surface area contributed by atoms with Crippen molar-refractivity contribution in [3.8, 4) is 22.9 Å². The Morgan fingerprint density at radius 3 is 2.77 bits per heavy atom. The molecule has 7 nitrogen and oxygen atoms in total. The van der Waals surface area contributed by atoms with E-state index in [1.807, 2.05) is 43.3 Å². The summed E-state index contributed by atoms with van der Waals surface area (Å²) < 4.78 is 12.5. The van der Waals surface area contributed by atoms with E-state index < -0.39 is 17.2 Å². The molecule has 160 valence electrons. The Kier molecular flexibility index (Phi) is 5.19. The van der Waals surface area contributed by atoms with Crippen LogP contribution in [-0.4, -0.2) is 49.6 Å². The summed E-state index contributed by atoms with van der Waals surface area (Å²) in [6.07, 6.45) is 1.80. The summed E-state index contributed by atoms with van der Waals surface area (Å²) in [5.74, 6) is 0.820. The maximum atomic E-state index is 12.8. The molecule has 3 atom stereocenters. The van der Waals surface area contributed by atoms with Gasteiger partial charge in [0.2, 0.25) is 0 Å². The van der Waals surface area contributed by atoms with Gasteiger partial charge < -0.3 is 24.9 Å². The Hall–Kier alpha value is -3.37. The van der Waals surface area contributed by atoms with Crippen molar-refractivity contribution in [1.29, 1.82) is 5.26 Å². The summed E-state index contributed by atoms with van der Waals surface area (Å²) in [5.41, 5.74) is 7.04. The zero-order chi connectivity index (χ0) is 22.2. The first-order valence-electron chi connectivity index (χ1n) is 10.3. The van der Waals surface area contributed by atoms with Gasteiger partial charge in [0.05, 0.1) is 11.6 Å². The van der Waals surface area contributed by atoms with Gasteiger partial charge in [0.1, 0.15) is 17.5 Å². The molecule has 1 fully saturated rings. The summed E-state index contributed by atoms with van der Waals surface area (Å²) in [4.78, 5) is 19.2. The first-order chi connectivity index (χ1) is 14.8. The van der Waals surface area contributed by atoms with Crippen LogP contribution in [-0.2, 0) is 15.1 Å². The highest BCUT2D eigenvalue weighted by Gasteiger charge is 2.59. The summed E-state index contributed by atoms with van der Waals surface area (Å²) >= 11 is 0. The lowest BCUT2D eigenvalue weighted by Crippen LogP contribution is -2.63. The third-order valence-corrected chi connectivity index (χ3v) is 6.07. The molecule has 0 bridgehead atoms. The lowest BCUT2D eigenvalue weighted by molar-refractivity contribution is -0.167. The number of nitrogens with two attached hydrogens (primary N) is 1. The van der Waals surface area contributed by atoms with Crippen molar-refractivity contribution in [2.24, 2.45) is 10.7 Å². The van der Waals surface area contributed by atoms with Crippen molar-refractivity contribution in [3.63, 3.8) is 0 Å². The molecule has 3 unspecified atom stereocenters. The molecule has 2 aromatic rings. The Labute approximate surface area is 182 Å². The highest BCUT2D eigenvalue weighted by atomic mass is 16.6. The third kappa shape index (κ3) is 3.43. The Morgan fingerprint density at radius 2 is 2.06 bits per heavy atom. The predicted molar refractivity (Wildman–Crippen MR) is 118 cm³/mol. The number of aliphatic imine (C=N–C) groups is 1. The van der Waals surface area contributed by atoms with Crippen molar-refractivity contribution in [2.45, 2.75) is 37.0 Å². The van der Waals surface area contributed by atoms with Crippen molar-refractivity contribution in [1.82, 2.24) is 4.90 Å². The quantitative estimate of drug-likeness (QED) is 0.467. The van der Waals surface area contributed by atoms with E-state index in [9.17, 15) is 10.1 Å². The average Bonchev–Trinajstić information content (AvgIpc) is 2.78. The zero-order valence-electron chi connectivity index (χ0n) is 18.0. The number of fused-ring (bicyclic) bond motifs is 2. The number of nitrogens with zero attached hydrogens (tertiary/aromatic N) is 3. The molecular weight excluding hydrogens is 392 g/mol. The van der Waals surface area contributed by atoms with E-state index in [4.69, 9.17) is 20.2 Å². The number of carbonyl (C=O) groups is 1. The first-order valence-corrected chi connectivity index (χ1v) is 10.3. The maximum absolute atomic E-state index is 12.8. The SMILES string of the molecule is CN(C)C(N)=NC1(C=O)c2cc(-c3cccc(C#N)c3)ccc2OC2(C)CCCOC21. The van der Waals surface area contributed by atoms with Gasteiger partial charge in [-0.25, -0.2) is 4.99 Å². The average molecular weight is 418 g/mol. The van der Waals surface area contributed by atoms with Crippen LogP contribution in [0.4, 0.5) is 0 Å². The molecule has 0 spiro atoms. The fourth-order valence-corrected chi connectivity index (χ4v) is 4.46. The number of nitriles is 1. The lowest BCUT2D eigenvalue weighted by Gasteiger charge is -2.51. The molecule has 0 radical (unpaired) electrons. The van der Waals surface area contributed by atoms with Crippen LogP contribution in [0.1, 0.15) is 30.9 Å². The number of benzene rings is 2. The van der Waals surface area contributed by atoms with E-state index in [1.165, 1.54) is 0 Å². The first kappa shape index (κ1) is 20.9. The molecule has 2 heterocycles. The fraction of sp³-hybridized carbons (Fsp3) is 0.375. The van der Waals surface area contributed by atoms with Gasteiger partial charge in [0, 0.05) is 26.3 Å². The number of hydrogen-bond donors (Lipinski definition) is 1. The highest BCUT2D eigenvalue weighted by molar-refractivity contribution is 5.84. The minimum atomic E-state index is -1.35. The Morgan fingerprint density at radius 1 is 1.29 bits per heavy atom. The highest BCUT2D eigenvalue weighted by Crippen LogP contribution is 2.50. The Balaban J connectivity index is 1.95. The molecule has 2 N–H and O–H groups in total. The van der Waals surface area contributed by atoms with Crippen LogP contribution in [0.15, 0.2) is 47.5 Å². The van der Waals surface area contributed by atoms with Crippen LogP contribution in [0.5, 0.6) is 5.75 Å². The van der Waals surface area contributed by atoms with Gasteiger partial charge in [-0.05, 0) is 55.2 Å². The van der Waals surface area contributed by atoms with Gasteiger partial charge in [-0.2, -0.15) is 5.26 Å². The molecule has 2 aromatic carbocycles. The molecule has 4 rings (SSSR count). The molecule has 7 heteroatoms. The summed E-state index contributed by atoms with van der Waals surface area (Å²) in [5, 5.41) is 9.26. The third-order valence-electron chi connectivity index (χ3n) is 6.07. The number of hydrogen-bond acceptors (Lipinski definition) is 5. The van der Waals surface area contributed by atoms with E-state index in [2.05, 4.69) is 6.07 Å². The van der Waals surface area contributed by atoms with E-state index in [0.717, 1.165) is 30.3 Å². The number of aldehydes is 1. The minimum Gasteiger partial charge on any atom is -0.484 e. The predicted octanol–water partition coefficient (Wildman–Crippen LogP) is 2.83. The van der Waals surface area contributed by atoms with E-state index >= 15 is 0 Å². The van der Waals surface area contributed by atoms with Gasteiger partial charge in [-0.1, -0.05) is 18.2 Å². The molecule has 31 heavy (non-hydrogen) atoms. The van der Waals surface area contributed by atoms with E-state index in [1.54, 1.807) is 25.1 Å². The van der Waals surface area contributed by atoms with Crippen LogP contribution in [0, 0.1) is 11.3 Å². The van der Waals surface area contributed by atoms with Crippen LogP contribution in [0.3, 0.4) is 0 Å². The molecule has 0 amide bonds. The molecule has 0 aromatic heterocycles. The van der Waals surface area contributed by atoms with Crippen molar-refractivity contribution < 1.29 is 14.3 Å². The zero-order valence-corrected chi connectivity index (χ0v) is 18.0. The van der Waals surface area contributed by atoms with Crippen molar-refractivity contribution >= 4 is 12.2 Å². The van der Waals surface area contributed by atoms with Gasteiger partial charge in [0.25, 0.3) is 0 Å². The van der Waals surface area contributed by atoms with Crippen molar-refractivity contribution in [3.05, 3.63) is 53.6 Å². The second-order valence-corrected chi connectivity index (χ2v) is 8.48. The van der Waals surface area contributed by atoms with Crippen LogP contribution < -0.4 is 10.5 Å². The minimum absolute atomic E-state index is 0.230. The monoisotopic (exact) mass is 418 g/mol. The fourth-order valence-electron chi connectivity index (χ4n) is 4.46. The number of carbonyl (C=O) groups excluding carboxylic acids is 1. The van der Waals surface area contributed by atoms with Gasteiger partial charge in [-0.15, -0.1) is 0 Å². The summed E-state index contributed by atoms with van der Waals surface area (Å²) in [7, 11) is 3.56. The largest absolute Gasteiger partial charge is 0.484 e. The maximum Gasteiger partial charge on any atom is 0.192 e. The summed E-state index contributed by atoms with van der Waals surface area (Å²) in [6, 6.07) is 15.2. The van der Waals surface area contributed by atoms with Crippen molar-refractivity contribution in [2.75, 3.05) is 20.7 Å².